The monoisotopic (exact) mass is 1610 g/mol. The summed E-state index contributed by atoms with van der Waals surface area (Å²) in [5.74, 6) is -15.5. The third-order valence-electron chi connectivity index (χ3n) is 20.0. The Balaban J connectivity index is 1.53. The number of carbonyl (C=O) groups is 12. The lowest BCUT2D eigenvalue weighted by Crippen LogP contribution is -2.54. The number of H-pyrrole nitrogens is 1. The van der Waals surface area contributed by atoms with Gasteiger partial charge in [-0.1, -0.05) is 95.3 Å². The molecule has 5 rings (SSSR count). The molecule has 0 bridgehead atoms. The highest BCUT2D eigenvalue weighted by Crippen LogP contribution is 2.34. The van der Waals surface area contributed by atoms with Crippen LogP contribution in [0.1, 0.15) is 156 Å². The van der Waals surface area contributed by atoms with Gasteiger partial charge in [0.25, 0.3) is 0 Å². The van der Waals surface area contributed by atoms with Crippen LogP contribution in [0.3, 0.4) is 0 Å². The number of aromatic nitrogens is 1. The number of nitrogens with one attached hydrogen (secondary N) is 6. The van der Waals surface area contributed by atoms with E-state index in [0.29, 0.717) is 17.5 Å². The minimum atomic E-state index is -1.64. The molecule has 620 valence electrons. The predicted octanol–water partition coefficient (Wildman–Crippen LogP) is 1.78. The summed E-state index contributed by atoms with van der Waals surface area (Å²) in [6.45, 7) is 10.8. The zero-order valence-electron chi connectivity index (χ0n) is 65.7. The van der Waals surface area contributed by atoms with Crippen molar-refractivity contribution >= 4 is 141 Å². The number of likely N-dealkylation sites (tertiary alicyclic amines) is 1. The third-order valence-corrected chi connectivity index (χ3v) is 20.7. The first-order valence-electron chi connectivity index (χ1n) is 38.1. The first kappa shape index (κ1) is 93.4. The van der Waals surface area contributed by atoms with Crippen molar-refractivity contribution in [1.82, 2.24) is 36.5 Å². The molecule has 2 heterocycles. The molecule has 12 atom stereocenters. The highest BCUT2D eigenvalue weighted by Gasteiger charge is 2.45. The highest BCUT2D eigenvalue weighted by molar-refractivity contribution is 7.81. The van der Waals surface area contributed by atoms with Crippen molar-refractivity contribution in [3.8, 4) is 0 Å². The van der Waals surface area contributed by atoms with Crippen LogP contribution in [0.5, 0.6) is 0 Å². The molecule has 3 aromatic carbocycles. The SMILES string of the molecule is CC(=O)N[C@@H](CS)C(=O)C[C@H](CCCN=C(N)N)C(=O)N[C@@H](CCCN=C(N)N)C(=O)C[C@@H](CCCN=C(N)N)C(=O)N[C@@H](Cc1ccc2ccccc2c1)C(=O)C[C@@H](Cc1c[nH]c2ccccc12)C(=O)N1CCC[C@H]1C(=O)C[C@H](C(=O)N[C@H](C(=O)C[C@@H](CCCN=C(N)N)C(=O)N[C@H](C(=O)O)C(C)(C)C)[C@@H](C)O)C(C)(C)S. The van der Waals surface area contributed by atoms with Crippen LogP contribution in [0, 0.1) is 35.0 Å². The molecule has 0 radical (unpaired) electrons. The normalized spacial score (nSPS) is 15.8. The third kappa shape index (κ3) is 30.7. The average molecular weight is 1610 g/mol. The minimum Gasteiger partial charge on any atom is -0.480 e. The smallest absolute Gasteiger partial charge is 0.326 e. The standard InChI is InChI=1S/C78H117N19O14S2/c1-43(98)65(64(104)38-50(21-14-30-89-75(83)84)69(107)96-66(72(110)111)77(3,4)5)95-70(108)54(78(6,7)113)40-63(103)59-25-16-32-97(59)71(109)51(35-52-41-91-55-23-11-10-22-53(52)55)39-61(101)57(34-45-26-27-46-17-8-9-18-47(46)33-45)94-68(106)48(19-12-28-87-73(79)80)36-60(100)56(24-15-31-90-76(85)86)93-67(105)49(20-13-29-88-74(81)82)37-62(102)58(42-112)92-44(2)99/h8-11,17-18,22-23,26-27,33,41,43,48-51,54,56-59,65-66,91,98,112-113H,12-16,19-21,24-25,28-32,34-40,42H2,1-7H3,(H,92,99)(H,93,105)(H,94,106)(H,95,108)(H,96,107)(H,110,111)(H4,79,80,87)(H4,81,82,88)(H4,83,84,89)(H4,85,86,90)/t43-,48-,49+,50-,51-,54-,56+,57+,58+,59+,65+,66-/m1/s1. The van der Waals surface area contributed by atoms with Gasteiger partial charge in [0.15, 0.2) is 52.8 Å². The van der Waals surface area contributed by atoms with E-state index in [-0.39, 0.29) is 139 Å². The Morgan fingerprint density at radius 2 is 1.04 bits per heavy atom. The number of para-hydroxylation sites is 1. The summed E-state index contributed by atoms with van der Waals surface area (Å²) < 4.78 is -1.30. The summed E-state index contributed by atoms with van der Waals surface area (Å²) in [6.07, 6.45) is -1.29. The lowest BCUT2D eigenvalue weighted by Gasteiger charge is -2.33. The number of guanidine groups is 4. The molecular formula is C78H117N19O14S2. The molecule has 33 nitrogen and oxygen atoms in total. The van der Waals surface area contributed by atoms with Gasteiger partial charge in [0, 0.05) is 123 Å². The maximum Gasteiger partial charge on any atom is 0.326 e. The number of carboxylic acid groups (broad SMARTS) is 1. The summed E-state index contributed by atoms with van der Waals surface area (Å²) in [6, 6.07) is 12.5. The van der Waals surface area contributed by atoms with Gasteiger partial charge in [0.05, 0.1) is 36.2 Å². The Kier molecular flexibility index (Phi) is 37.1. The number of aliphatic imine (C=N–C) groups is 4. The molecule has 113 heavy (non-hydrogen) atoms. The van der Waals surface area contributed by atoms with Crippen LogP contribution in [-0.2, 0) is 70.4 Å². The van der Waals surface area contributed by atoms with Gasteiger partial charge >= 0.3 is 5.97 Å². The van der Waals surface area contributed by atoms with Crippen molar-refractivity contribution in [2.24, 2.45) is 101 Å². The molecular weight excluding hydrogens is 1490 g/mol. The highest BCUT2D eigenvalue weighted by atomic mass is 32.1. The lowest BCUT2D eigenvalue weighted by atomic mass is 9.85. The molecule has 24 N–H and O–H groups in total. The van der Waals surface area contributed by atoms with Crippen molar-refractivity contribution < 1.29 is 67.7 Å². The maximum absolute atomic E-state index is 15.8. The van der Waals surface area contributed by atoms with Gasteiger partial charge < -0.3 is 92.6 Å². The van der Waals surface area contributed by atoms with E-state index in [2.05, 4.69) is 64.2 Å². The number of hydrogen-bond acceptors (Lipinski definition) is 19. The van der Waals surface area contributed by atoms with E-state index in [0.717, 1.165) is 21.7 Å². The summed E-state index contributed by atoms with van der Waals surface area (Å²) in [7, 11) is 0. The number of Topliss-reactive ketones (excluding diaryl/α,β-unsaturated/α-hetero) is 5. The van der Waals surface area contributed by atoms with Crippen LogP contribution in [0.2, 0.25) is 0 Å². The Bertz CT molecular complexity index is 4100. The Morgan fingerprint density at radius 3 is 1.55 bits per heavy atom. The maximum atomic E-state index is 15.8. The van der Waals surface area contributed by atoms with Crippen LogP contribution >= 0.6 is 25.3 Å². The molecule has 0 spiro atoms. The number of aliphatic carboxylic acids is 1. The number of nitrogens with two attached hydrogens (primary N) is 8. The van der Waals surface area contributed by atoms with Crippen LogP contribution in [0.4, 0.5) is 0 Å². The molecule has 1 aliphatic rings. The molecule has 1 saturated heterocycles. The second-order valence-corrected chi connectivity index (χ2v) is 32.2. The molecule has 4 aromatic rings. The van der Waals surface area contributed by atoms with Crippen molar-refractivity contribution in [2.45, 2.75) is 205 Å². The second kappa shape index (κ2) is 44.9. The van der Waals surface area contributed by atoms with Crippen molar-refractivity contribution in [3.63, 3.8) is 0 Å². The van der Waals surface area contributed by atoms with E-state index in [9.17, 15) is 43.8 Å². The zero-order valence-corrected chi connectivity index (χ0v) is 67.5. The summed E-state index contributed by atoms with van der Waals surface area (Å²) in [5, 5.41) is 37.2. The number of aliphatic hydroxyl groups is 1. The zero-order chi connectivity index (χ0) is 84.0. The van der Waals surface area contributed by atoms with E-state index in [1.165, 1.54) is 18.7 Å². The van der Waals surface area contributed by atoms with Crippen LogP contribution in [-0.4, -0.2) is 200 Å². The molecule has 0 aliphatic carbocycles. The second-order valence-electron chi connectivity index (χ2n) is 30.7. The molecule has 6 amide bonds. The first-order chi connectivity index (χ1) is 53.2. The lowest BCUT2D eigenvalue weighted by molar-refractivity contribution is -0.146. The number of ketones is 5. The van der Waals surface area contributed by atoms with Gasteiger partial charge in [0.1, 0.15) is 12.1 Å². The Hall–Kier alpha value is -10.2. The number of nitrogens with zero attached hydrogens (tertiary/aromatic N) is 5. The topological polar surface area (TPSA) is 582 Å². The van der Waals surface area contributed by atoms with Gasteiger partial charge in [-0.15, -0.1) is 0 Å². The Morgan fingerprint density at radius 1 is 0.566 bits per heavy atom. The minimum absolute atomic E-state index is 0.00308. The van der Waals surface area contributed by atoms with Crippen molar-refractivity contribution in [1.29, 1.82) is 0 Å². The predicted molar refractivity (Wildman–Crippen MR) is 441 cm³/mol. The molecule has 1 aliphatic heterocycles. The molecule has 0 saturated carbocycles. The van der Waals surface area contributed by atoms with E-state index < -0.39 is 178 Å². The van der Waals surface area contributed by atoms with E-state index in [4.69, 9.17) is 58.5 Å². The quantitative estimate of drug-likeness (QED) is 0.0130. The number of hydrogen-bond donors (Lipinski definition) is 18. The number of aromatic amines is 1. The first-order valence-corrected chi connectivity index (χ1v) is 39.2. The van der Waals surface area contributed by atoms with Crippen molar-refractivity contribution in [2.75, 3.05) is 38.5 Å². The van der Waals surface area contributed by atoms with Crippen molar-refractivity contribution in [3.05, 3.63) is 84.1 Å². The van der Waals surface area contributed by atoms with Gasteiger partial charge in [-0.05, 0) is 117 Å². The Labute approximate surface area is 670 Å². The van der Waals surface area contributed by atoms with Crippen LogP contribution in [0.25, 0.3) is 21.7 Å². The summed E-state index contributed by atoms with van der Waals surface area (Å²) in [5.41, 5.74) is 46.0. The van der Waals surface area contributed by atoms with E-state index in [1.807, 2.05) is 66.7 Å². The molecule has 0 unspecified atom stereocenters. The fraction of sp³-hybridized carbons (Fsp3) is 0.564. The van der Waals surface area contributed by atoms with Gasteiger partial charge in [0.2, 0.25) is 35.4 Å². The average Bonchev–Trinajstić information content (AvgIpc) is 1.72. The number of thiol groups is 2. The van der Waals surface area contributed by atoms with Crippen LogP contribution in [0.15, 0.2) is 92.9 Å². The number of rotatable bonds is 49. The summed E-state index contributed by atoms with van der Waals surface area (Å²) in [4.78, 5) is 194. The molecule has 35 heteroatoms. The number of aliphatic hydroxyl groups excluding tert-OH is 1. The number of fused-ring (bicyclic) bond motifs is 2. The summed E-state index contributed by atoms with van der Waals surface area (Å²) >= 11 is 9.03. The fourth-order valence-corrected chi connectivity index (χ4v) is 14.4. The fourth-order valence-electron chi connectivity index (χ4n) is 13.9. The van der Waals surface area contributed by atoms with Gasteiger partial charge in [-0.3, -0.25) is 72.7 Å². The number of carboxylic acids is 1. The van der Waals surface area contributed by atoms with E-state index >= 15 is 24.0 Å². The van der Waals surface area contributed by atoms with Gasteiger partial charge in [-0.25, -0.2) is 4.79 Å². The largest absolute Gasteiger partial charge is 0.480 e. The number of benzene rings is 3. The number of amides is 6. The number of carbonyl (C=O) groups excluding carboxylic acids is 11. The van der Waals surface area contributed by atoms with E-state index in [1.54, 1.807) is 40.8 Å². The van der Waals surface area contributed by atoms with Crippen LogP contribution < -0.4 is 72.5 Å². The molecule has 1 aromatic heterocycles. The molecule has 1 fully saturated rings. The van der Waals surface area contributed by atoms with Gasteiger partial charge in [-0.2, -0.15) is 25.3 Å².